The lowest BCUT2D eigenvalue weighted by Crippen LogP contribution is -2.24. The second kappa shape index (κ2) is 5.16. The Bertz CT molecular complexity index is 699. The molecular weight excluding hydrogens is 292 g/mol. The van der Waals surface area contributed by atoms with E-state index in [0.29, 0.717) is 5.82 Å². The van der Waals surface area contributed by atoms with Gasteiger partial charge in [0.05, 0.1) is 12.2 Å². The molecule has 3 N–H and O–H groups in total. The van der Waals surface area contributed by atoms with E-state index in [9.17, 15) is 8.42 Å². The molecule has 0 unspecified atom stereocenters. The Hall–Kier alpha value is -1.64. The van der Waals surface area contributed by atoms with Gasteiger partial charge in [-0.2, -0.15) is 4.98 Å². The van der Waals surface area contributed by atoms with Gasteiger partial charge in [-0.25, -0.2) is 13.1 Å². The number of aromatic nitrogens is 2. The standard InChI is InChI=1S/C10H11ClN4O3S/c1-6-14-10(18-15-6)5-13-19(16,17)9-4-7(11)2-3-8(9)12/h2-4,13H,5,12H2,1H3. The second-order valence-electron chi connectivity index (χ2n) is 3.74. The summed E-state index contributed by atoms with van der Waals surface area (Å²) >= 11 is 5.75. The first kappa shape index (κ1) is 13.8. The number of nitrogens with zero attached hydrogens (tertiary/aromatic N) is 2. The van der Waals surface area contributed by atoms with Crippen molar-refractivity contribution in [1.29, 1.82) is 0 Å². The van der Waals surface area contributed by atoms with Gasteiger partial charge in [-0.1, -0.05) is 16.8 Å². The van der Waals surface area contributed by atoms with E-state index in [4.69, 9.17) is 21.9 Å². The fraction of sp³-hybridized carbons (Fsp3) is 0.200. The fourth-order valence-electron chi connectivity index (χ4n) is 1.39. The van der Waals surface area contributed by atoms with Crippen LogP contribution in [0.2, 0.25) is 5.02 Å². The van der Waals surface area contributed by atoms with Gasteiger partial charge in [0.2, 0.25) is 15.9 Å². The summed E-state index contributed by atoms with van der Waals surface area (Å²) in [7, 11) is -3.79. The molecule has 0 aliphatic rings. The minimum Gasteiger partial charge on any atom is -0.398 e. The number of hydrogen-bond acceptors (Lipinski definition) is 6. The van der Waals surface area contributed by atoms with Crippen molar-refractivity contribution in [3.63, 3.8) is 0 Å². The van der Waals surface area contributed by atoms with Crippen molar-refractivity contribution >= 4 is 27.3 Å². The van der Waals surface area contributed by atoms with Crippen molar-refractivity contribution in [2.45, 2.75) is 18.4 Å². The molecule has 0 aliphatic heterocycles. The van der Waals surface area contributed by atoms with Crippen LogP contribution in [-0.2, 0) is 16.6 Å². The van der Waals surface area contributed by atoms with E-state index in [1.165, 1.54) is 18.2 Å². The second-order valence-corrected chi connectivity index (χ2v) is 5.91. The van der Waals surface area contributed by atoms with Gasteiger partial charge in [0.15, 0.2) is 5.82 Å². The molecule has 0 atom stereocenters. The van der Waals surface area contributed by atoms with Crippen molar-refractivity contribution in [1.82, 2.24) is 14.9 Å². The maximum absolute atomic E-state index is 12.0. The molecule has 1 aromatic heterocycles. The maximum atomic E-state index is 12.0. The summed E-state index contributed by atoms with van der Waals surface area (Å²) in [6.07, 6.45) is 0. The third-order valence-electron chi connectivity index (χ3n) is 2.25. The summed E-state index contributed by atoms with van der Waals surface area (Å²) < 4.78 is 31.2. The van der Waals surface area contributed by atoms with Crippen molar-refractivity contribution in [3.05, 3.63) is 34.9 Å². The molecule has 0 fully saturated rings. The van der Waals surface area contributed by atoms with E-state index in [2.05, 4.69) is 14.9 Å². The molecule has 2 rings (SSSR count). The number of hydrogen-bond donors (Lipinski definition) is 2. The Morgan fingerprint density at radius 2 is 2.21 bits per heavy atom. The molecule has 9 heteroatoms. The lowest BCUT2D eigenvalue weighted by atomic mass is 10.3. The van der Waals surface area contributed by atoms with Gasteiger partial charge < -0.3 is 10.3 Å². The minimum absolute atomic E-state index is 0.0868. The third kappa shape index (κ3) is 3.22. The predicted octanol–water partition coefficient (Wildman–Crippen LogP) is 1.09. The number of rotatable bonds is 4. The molecular formula is C10H11ClN4O3S. The minimum atomic E-state index is -3.79. The fourth-order valence-corrected chi connectivity index (χ4v) is 2.75. The Morgan fingerprint density at radius 3 is 2.84 bits per heavy atom. The van der Waals surface area contributed by atoms with E-state index in [1.807, 2.05) is 0 Å². The van der Waals surface area contributed by atoms with Crippen LogP contribution >= 0.6 is 11.6 Å². The number of nitrogens with one attached hydrogen (secondary N) is 1. The lowest BCUT2D eigenvalue weighted by molar-refractivity contribution is 0.372. The largest absolute Gasteiger partial charge is 0.398 e. The van der Waals surface area contributed by atoms with E-state index < -0.39 is 10.0 Å². The summed E-state index contributed by atoms with van der Waals surface area (Å²) in [5.41, 5.74) is 5.73. The zero-order chi connectivity index (χ0) is 14.0. The van der Waals surface area contributed by atoms with E-state index in [-0.39, 0.29) is 28.0 Å². The first-order valence-corrected chi connectivity index (χ1v) is 7.08. The SMILES string of the molecule is Cc1noc(CNS(=O)(=O)c2cc(Cl)ccc2N)n1. The summed E-state index contributed by atoms with van der Waals surface area (Å²) in [6.45, 7) is 1.52. The van der Waals surface area contributed by atoms with Crippen molar-refractivity contribution < 1.29 is 12.9 Å². The van der Waals surface area contributed by atoms with E-state index >= 15 is 0 Å². The molecule has 0 bridgehead atoms. The molecule has 0 amide bonds. The van der Waals surface area contributed by atoms with Crippen LogP contribution in [0.3, 0.4) is 0 Å². The number of sulfonamides is 1. The van der Waals surface area contributed by atoms with Crippen LogP contribution < -0.4 is 10.5 Å². The maximum Gasteiger partial charge on any atom is 0.243 e. The van der Waals surface area contributed by atoms with Gasteiger partial charge in [-0.15, -0.1) is 0 Å². The van der Waals surface area contributed by atoms with Gasteiger partial charge in [0, 0.05) is 5.02 Å². The van der Waals surface area contributed by atoms with Gasteiger partial charge in [0.1, 0.15) is 4.90 Å². The molecule has 0 spiro atoms. The molecule has 19 heavy (non-hydrogen) atoms. The predicted molar refractivity (Wildman–Crippen MR) is 68.9 cm³/mol. The number of anilines is 1. The Labute approximate surface area is 114 Å². The molecule has 1 heterocycles. The van der Waals surface area contributed by atoms with E-state index in [0.717, 1.165) is 0 Å². The molecule has 0 saturated heterocycles. The van der Waals surface area contributed by atoms with Crippen LogP contribution in [0, 0.1) is 6.92 Å². The Balaban J connectivity index is 2.20. The van der Waals surface area contributed by atoms with Gasteiger partial charge in [-0.3, -0.25) is 0 Å². The highest BCUT2D eigenvalue weighted by Gasteiger charge is 2.18. The van der Waals surface area contributed by atoms with Crippen LogP contribution in [0.15, 0.2) is 27.6 Å². The topological polar surface area (TPSA) is 111 Å². The van der Waals surface area contributed by atoms with Crippen LogP contribution in [-0.4, -0.2) is 18.6 Å². The number of benzene rings is 1. The van der Waals surface area contributed by atoms with E-state index in [1.54, 1.807) is 6.92 Å². The monoisotopic (exact) mass is 302 g/mol. The Kier molecular flexibility index (Phi) is 3.74. The highest BCUT2D eigenvalue weighted by atomic mass is 35.5. The molecule has 1 aromatic carbocycles. The van der Waals surface area contributed by atoms with Crippen LogP contribution in [0.5, 0.6) is 0 Å². The smallest absolute Gasteiger partial charge is 0.243 e. The quantitative estimate of drug-likeness (QED) is 0.818. The van der Waals surface area contributed by atoms with Crippen molar-refractivity contribution in [2.75, 3.05) is 5.73 Å². The highest BCUT2D eigenvalue weighted by molar-refractivity contribution is 7.89. The number of nitrogen functional groups attached to an aromatic ring is 1. The zero-order valence-corrected chi connectivity index (χ0v) is 11.5. The summed E-state index contributed by atoms with van der Waals surface area (Å²) in [6, 6.07) is 4.21. The zero-order valence-electron chi connectivity index (χ0n) is 9.92. The molecule has 102 valence electrons. The average molecular weight is 303 g/mol. The highest BCUT2D eigenvalue weighted by Crippen LogP contribution is 2.22. The van der Waals surface area contributed by atoms with Gasteiger partial charge in [-0.05, 0) is 25.1 Å². The molecule has 7 nitrogen and oxygen atoms in total. The molecule has 0 aliphatic carbocycles. The first-order valence-electron chi connectivity index (χ1n) is 5.22. The number of nitrogens with two attached hydrogens (primary N) is 1. The molecule has 0 saturated carbocycles. The normalized spacial score (nSPS) is 11.7. The number of halogens is 1. The van der Waals surface area contributed by atoms with Crippen LogP contribution in [0.25, 0.3) is 0 Å². The summed E-state index contributed by atoms with van der Waals surface area (Å²) in [5.74, 6) is 0.596. The average Bonchev–Trinajstić information content (AvgIpc) is 2.76. The van der Waals surface area contributed by atoms with Crippen molar-refractivity contribution in [3.8, 4) is 0 Å². The third-order valence-corrected chi connectivity index (χ3v) is 3.94. The molecule has 0 radical (unpaired) electrons. The van der Waals surface area contributed by atoms with Crippen LogP contribution in [0.4, 0.5) is 5.69 Å². The number of aryl methyl sites for hydroxylation is 1. The lowest BCUT2D eigenvalue weighted by Gasteiger charge is -2.07. The summed E-state index contributed by atoms with van der Waals surface area (Å²) in [4.78, 5) is 3.80. The first-order chi connectivity index (χ1) is 8.88. The Morgan fingerprint density at radius 1 is 1.47 bits per heavy atom. The van der Waals surface area contributed by atoms with Crippen molar-refractivity contribution in [2.24, 2.45) is 0 Å². The van der Waals surface area contributed by atoms with Gasteiger partial charge >= 0.3 is 0 Å². The molecule has 2 aromatic rings. The summed E-state index contributed by atoms with van der Waals surface area (Å²) in [5, 5.41) is 3.84. The van der Waals surface area contributed by atoms with Crippen LogP contribution in [0.1, 0.15) is 11.7 Å². The van der Waals surface area contributed by atoms with Gasteiger partial charge in [0.25, 0.3) is 0 Å².